The fourth-order valence-corrected chi connectivity index (χ4v) is 18.4. The van der Waals surface area contributed by atoms with Crippen molar-refractivity contribution >= 4 is 189 Å². The van der Waals surface area contributed by atoms with Crippen LogP contribution in [0.3, 0.4) is 0 Å². The number of rotatable bonds is 15. The van der Waals surface area contributed by atoms with Gasteiger partial charge in [-0.15, -0.1) is 0 Å². The number of benzene rings is 3. The van der Waals surface area contributed by atoms with Crippen LogP contribution in [0.1, 0.15) is 110 Å². The van der Waals surface area contributed by atoms with E-state index in [1.807, 2.05) is 41.5 Å². The standard InChI is InChI=1S/3C31H26Cl3F2N7O2/c2*1-5-19(44)41-8-10-42(11-9-41)29-16-12-18(32)27(20-23(35)24(36)21(33)22(34)25(20)38)40-30(16)43(31(45)17(29)13-37)28-15(4)6-7-39-26(28)14(2)3;1-5-19(44)41-8-10-42(11-9-41)29-16-12-18(32)27(20-23(35)21(33)22(34)24(36)25(20)38)40-30(16)43(31(45)17(29)13-37)28-15(4)6-7-39-26(28)14(2)3/h3*5-7,12,14H,1,8-11,38H2,2-4H3. The van der Waals surface area contributed by atoms with Crippen molar-refractivity contribution in [3.63, 3.8) is 0 Å². The average molecular weight is 2020 g/mol. The number of carbonyl (C=O) groups is 3. The predicted molar refractivity (Wildman–Crippen MR) is 517 cm³/mol. The summed E-state index contributed by atoms with van der Waals surface area (Å²) in [6.07, 6.45) is 8.48. The number of hydrogen-bond acceptors (Lipinski definition) is 21. The molecule has 3 amide bonds. The summed E-state index contributed by atoms with van der Waals surface area (Å²) in [5.74, 6) is -9.28. The summed E-state index contributed by atoms with van der Waals surface area (Å²) in [6, 6.07) is 15.6. The van der Waals surface area contributed by atoms with Gasteiger partial charge in [0.1, 0.15) is 66.9 Å². The number of nitrogens with two attached hydrogens (primary N) is 3. The molecule has 3 fully saturated rings. The molecule has 12 heterocycles. The molecule has 0 aliphatic carbocycles. The third-order valence-electron chi connectivity index (χ3n) is 23.2. The molecule has 135 heavy (non-hydrogen) atoms. The van der Waals surface area contributed by atoms with Gasteiger partial charge in [-0.1, -0.05) is 166 Å². The maximum absolute atomic E-state index is 15.6. The minimum Gasteiger partial charge on any atom is -0.397 e. The molecule has 12 aromatic rings. The van der Waals surface area contributed by atoms with Crippen LogP contribution in [0, 0.1) is 89.7 Å². The van der Waals surface area contributed by atoms with Crippen LogP contribution in [0.25, 0.3) is 83.9 Å². The van der Waals surface area contributed by atoms with E-state index in [0.717, 1.165) is 0 Å². The van der Waals surface area contributed by atoms with Crippen molar-refractivity contribution in [3.05, 3.63) is 255 Å². The molecule has 3 saturated heterocycles. The maximum Gasteiger partial charge on any atom is 0.276 e. The molecular weight excluding hydrogens is 1940 g/mol. The molecule has 0 unspecified atom stereocenters. The minimum atomic E-state index is -1.45. The minimum absolute atomic E-state index is 0.0127. The second-order valence-electron chi connectivity index (χ2n) is 32.2. The summed E-state index contributed by atoms with van der Waals surface area (Å²) >= 11 is 56.0. The van der Waals surface area contributed by atoms with Crippen molar-refractivity contribution < 1.29 is 40.7 Å². The van der Waals surface area contributed by atoms with Crippen LogP contribution in [-0.2, 0) is 14.4 Å². The zero-order valence-corrected chi connectivity index (χ0v) is 80.0. The number of nitriles is 3. The van der Waals surface area contributed by atoms with Gasteiger partial charge in [-0.05, 0) is 110 Å². The molecule has 3 aliphatic rings. The normalized spacial score (nSPS) is 13.4. The molecule has 27 nitrogen and oxygen atoms in total. The Labute approximate surface area is 812 Å². The number of nitrogens with zero attached hydrogens (tertiary/aromatic N) is 18. The van der Waals surface area contributed by atoms with E-state index in [2.05, 4.69) is 67.8 Å². The maximum atomic E-state index is 15.6. The van der Waals surface area contributed by atoms with E-state index in [4.69, 9.17) is 122 Å². The van der Waals surface area contributed by atoms with E-state index < -0.39 is 115 Å². The Morgan fingerprint density at radius 2 is 0.622 bits per heavy atom. The molecule has 0 saturated carbocycles. The van der Waals surface area contributed by atoms with Gasteiger partial charge in [0.05, 0.1) is 132 Å². The number of hydrogen-bond donors (Lipinski definition) is 3. The van der Waals surface area contributed by atoms with E-state index in [-0.39, 0.29) is 174 Å². The van der Waals surface area contributed by atoms with Gasteiger partial charge in [0.25, 0.3) is 16.7 Å². The van der Waals surface area contributed by atoms with E-state index in [1.165, 1.54) is 50.1 Å². The van der Waals surface area contributed by atoms with Gasteiger partial charge in [-0.25, -0.2) is 41.3 Å². The highest BCUT2D eigenvalue weighted by Gasteiger charge is 2.38. The summed E-state index contributed by atoms with van der Waals surface area (Å²) < 4.78 is 94.9. The molecule has 3 aliphatic heterocycles. The number of nitrogen functional groups attached to an aromatic ring is 3. The average Bonchev–Trinajstić information content (AvgIpc) is 0.728. The van der Waals surface area contributed by atoms with Crippen LogP contribution in [0.5, 0.6) is 0 Å². The quantitative estimate of drug-likeness (QED) is 0.0282. The third-order valence-corrected chi connectivity index (χ3v) is 26.6. The molecule has 696 valence electrons. The van der Waals surface area contributed by atoms with Crippen molar-refractivity contribution in [3.8, 4) is 69.0 Å². The van der Waals surface area contributed by atoms with Crippen LogP contribution in [0.4, 0.5) is 60.5 Å². The van der Waals surface area contributed by atoms with Crippen LogP contribution in [-0.4, -0.2) is 155 Å². The highest BCUT2D eigenvalue weighted by molar-refractivity contribution is 6.46. The van der Waals surface area contributed by atoms with Gasteiger partial charge in [0.15, 0.2) is 34.9 Å². The lowest BCUT2D eigenvalue weighted by Gasteiger charge is -2.36. The molecule has 42 heteroatoms. The first-order valence-corrected chi connectivity index (χ1v) is 44.7. The van der Waals surface area contributed by atoms with Gasteiger partial charge in [-0.2, -0.15) is 15.8 Å². The summed E-state index contributed by atoms with van der Waals surface area (Å²) in [4.78, 5) is 117. The van der Waals surface area contributed by atoms with Crippen molar-refractivity contribution in [2.75, 3.05) is 110 Å². The highest BCUT2D eigenvalue weighted by atomic mass is 35.5. The molecule has 3 aromatic carbocycles. The molecule has 15 rings (SSSR count). The Bertz CT molecular complexity index is 6650. The van der Waals surface area contributed by atoms with Crippen molar-refractivity contribution in [2.24, 2.45) is 0 Å². The number of pyridine rings is 9. The number of halogens is 15. The first-order chi connectivity index (χ1) is 64.0. The summed E-state index contributed by atoms with van der Waals surface area (Å²) in [6.45, 7) is 30.7. The smallest absolute Gasteiger partial charge is 0.276 e. The topological polar surface area (TPSA) is 363 Å². The van der Waals surface area contributed by atoms with Gasteiger partial charge in [0.2, 0.25) is 17.7 Å². The van der Waals surface area contributed by atoms with Gasteiger partial charge in [0, 0.05) is 113 Å². The fraction of sp³-hybridized carbons (Fsp3) is 0.258. The number of aryl methyl sites for hydroxylation is 3. The van der Waals surface area contributed by atoms with Crippen molar-refractivity contribution in [1.29, 1.82) is 15.8 Å². The van der Waals surface area contributed by atoms with Gasteiger partial charge >= 0.3 is 0 Å². The van der Waals surface area contributed by atoms with Crippen molar-refractivity contribution in [2.45, 2.75) is 80.1 Å². The third kappa shape index (κ3) is 17.8. The highest BCUT2D eigenvalue weighted by Crippen LogP contribution is 2.50. The number of piperazine rings is 3. The number of carbonyl (C=O) groups excluding carboxylic acids is 3. The number of amides is 3. The second-order valence-corrected chi connectivity index (χ2v) is 35.7. The molecule has 0 bridgehead atoms. The summed E-state index contributed by atoms with van der Waals surface area (Å²) in [5.41, 5.74) is 16.9. The lowest BCUT2D eigenvalue weighted by molar-refractivity contribution is -0.127. The molecule has 9 aromatic heterocycles. The van der Waals surface area contributed by atoms with Gasteiger partial charge < -0.3 is 46.6 Å². The molecule has 0 spiro atoms. The Kier molecular flexibility index (Phi) is 29.6. The number of aromatic nitrogens is 9. The largest absolute Gasteiger partial charge is 0.397 e. The molecular formula is C93H78Cl9F6N21O6. The Morgan fingerprint density at radius 1 is 0.378 bits per heavy atom. The SMILES string of the molecule is C=CC(=O)N1CCN(c2c(C#N)c(=O)n(-c3c(C)ccnc3C(C)C)c3nc(-c4c(N)c(Cl)c(Cl)c(F)c4F)c(Cl)cc23)CC1.C=CC(=O)N1CCN(c2c(C#N)c(=O)n(-c3c(C)ccnc3C(C)C)c3nc(-c4c(N)c(Cl)c(Cl)c(F)c4F)c(Cl)cc23)CC1.C=CC(=O)N1CCN(c2c(C#N)c(=O)n(-c3c(C)ccnc3C(C)C)c3nc(-c4c(N)c(F)c(Cl)c(Cl)c4F)c(Cl)cc23)CC1. The molecule has 0 atom stereocenters. The fourth-order valence-electron chi connectivity index (χ4n) is 16.6. The second kappa shape index (κ2) is 40.1. The Hall–Kier alpha value is -12.7. The van der Waals surface area contributed by atoms with Crippen LogP contribution in [0.2, 0.25) is 45.2 Å². The van der Waals surface area contributed by atoms with Crippen LogP contribution < -0.4 is 48.6 Å². The summed E-state index contributed by atoms with van der Waals surface area (Å²) in [5, 5.41) is 27.8. The zero-order valence-electron chi connectivity index (χ0n) is 73.2. The lowest BCUT2D eigenvalue weighted by Crippen LogP contribution is -2.49. The van der Waals surface area contributed by atoms with E-state index in [1.54, 1.807) is 87.0 Å². The van der Waals surface area contributed by atoms with E-state index in [9.17, 15) is 57.7 Å². The van der Waals surface area contributed by atoms with E-state index in [0.29, 0.717) is 90.1 Å². The molecule has 6 N–H and O–H groups in total. The van der Waals surface area contributed by atoms with E-state index >= 15 is 13.2 Å². The zero-order chi connectivity index (χ0) is 98.7. The number of fused-ring (bicyclic) bond motifs is 3. The Balaban J connectivity index is 0.000000171. The lowest BCUT2D eigenvalue weighted by atomic mass is 10.0. The first-order valence-electron chi connectivity index (χ1n) is 41.3. The predicted octanol–water partition coefficient (Wildman–Crippen LogP) is 19.2. The van der Waals surface area contributed by atoms with Crippen LogP contribution >= 0.6 is 104 Å². The Morgan fingerprint density at radius 3 is 0.867 bits per heavy atom. The molecule has 0 radical (unpaired) electrons. The van der Waals surface area contributed by atoms with Gasteiger partial charge in [-0.3, -0.25) is 57.4 Å². The monoisotopic (exact) mass is 2010 g/mol. The van der Waals surface area contributed by atoms with Crippen molar-refractivity contribution in [1.82, 2.24) is 58.3 Å². The first kappa shape index (κ1) is 99.7. The summed E-state index contributed by atoms with van der Waals surface area (Å²) in [7, 11) is 0. The van der Waals surface area contributed by atoms with Crippen LogP contribution in [0.15, 0.2) is 107 Å². The number of anilines is 6.